The second-order valence-corrected chi connectivity index (χ2v) is 9.96. The van der Waals surface area contributed by atoms with Crippen molar-refractivity contribution in [3.05, 3.63) is 71.0 Å². The number of rotatable bonds is 6. The molecule has 2 aromatic carbocycles. The summed E-state index contributed by atoms with van der Waals surface area (Å²) in [7, 11) is 0. The molecule has 0 atom stereocenters. The SMILES string of the molecule is CCOc1ccc(-c2nn(-c3ccccc3)cc2/C=C2\SC(=S)N(C3CCCC3)C2=O)cc1F. The van der Waals surface area contributed by atoms with Crippen LogP contribution in [0.1, 0.15) is 38.2 Å². The molecule has 2 heterocycles. The van der Waals surface area contributed by atoms with Crippen LogP contribution in [0.25, 0.3) is 23.0 Å². The highest BCUT2D eigenvalue weighted by Crippen LogP contribution is 2.39. The third-order valence-electron chi connectivity index (χ3n) is 6.07. The number of carbonyl (C=O) groups is 1. The predicted molar refractivity (Wildman–Crippen MR) is 137 cm³/mol. The summed E-state index contributed by atoms with van der Waals surface area (Å²) in [6.45, 7) is 2.20. The average Bonchev–Trinajstić information content (AvgIpc) is 3.56. The fourth-order valence-electron chi connectivity index (χ4n) is 4.45. The molecule has 0 N–H and O–H groups in total. The molecule has 2 fully saturated rings. The zero-order valence-electron chi connectivity index (χ0n) is 18.7. The average molecular weight is 494 g/mol. The predicted octanol–water partition coefficient (Wildman–Crippen LogP) is 6.22. The Balaban J connectivity index is 1.56. The molecule has 0 bridgehead atoms. The van der Waals surface area contributed by atoms with Crippen LogP contribution in [0, 0.1) is 5.82 Å². The van der Waals surface area contributed by atoms with Crippen LogP contribution in [0.5, 0.6) is 5.75 Å². The summed E-state index contributed by atoms with van der Waals surface area (Å²) in [4.78, 5) is 15.6. The van der Waals surface area contributed by atoms with Crippen molar-refractivity contribution in [2.24, 2.45) is 0 Å². The highest BCUT2D eigenvalue weighted by molar-refractivity contribution is 8.26. The molecule has 1 saturated carbocycles. The molecule has 5 nitrogen and oxygen atoms in total. The van der Waals surface area contributed by atoms with Gasteiger partial charge in [-0.25, -0.2) is 9.07 Å². The molecule has 0 radical (unpaired) electrons. The van der Waals surface area contributed by atoms with E-state index in [2.05, 4.69) is 0 Å². The molecule has 0 unspecified atom stereocenters. The Kier molecular flexibility index (Phi) is 6.52. The molecular weight excluding hydrogens is 469 g/mol. The fraction of sp³-hybridized carbons (Fsp3) is 0.269. The standard InChI is InChI=1S/C26H24FN3O2S2/c1-2-32-22-13-12-17(14-21(22)27)24-18(16-29(28-24)19-8-4-3-5-9-19)15-23-25(31)30(26(33)34-23)20-10-6-7-11-20/h3-5,8-9,12-16,20H,2,6-7,10-11H2,1H3/b23-15-. The Labute approximate surface area is 207 Å². The number of aromatic nitrogens is 2. The minimum Gasteiger partial charge on any atom is -0.491 e. The Hall–Kier alpha value is -2.97. The van der Waals surface area contributed by atoms with Crippen molar-refractivity contribution in [3.8, 4) is 22.7 Å². The first-order valence-corrected chi connectivity index (χ1v) is 12.6. The van der Waals surface area contributed by atoms with Gasteiger partial charge in [0.1, 0.15) is 10.0 Å². The van der Waals surface area contributed by atoms with Crippen LogP contribution in [0.4, 0.5) is 4.39 Å². The number of thiocarbonyl (C=S) groups is 1. The van der Waals surface area contributed by atoms with Gasteiger partial charge in [0, 0.05) is 23.4 Å². The zero-order chi connectivity index (χ0) is 23.7. The van der Waals surface area contributed by atoms with E-state index in [1.807, 2.05) is 49.5 Å². The Morgan fingerprint density at radius 3 is 2.68 bits per heavy atom. The lowest BCUT2D eigenvalue weighted by Gasteiger charge is -2.21. The van der Waals surface area contributed by atoms with Gasteiger partial charge in [-0.05, 0) is 56.2 Å². The summed E-state index contributed by atoms with van der Waals surface area (Å²) in [5.41, 5.74) is 2.78. The molecule has 2 aliphatic rings. The number of amides is 1. The summed E-state index contributed by atoms with van der Waals surface area (Å²) in [5, 5.41) is 4.75. The molecular formula is C26H24FN3O2S2. The lowest BCUT2D eigenvalue weighted by Crippen LogP contribution is -2.36. The monoisotopic (exact) mass is 493 g/mol. The third kappa shape index (κ3) is 4.40. The van der Waals surface area contributed by atoms with Crippen LogP contribution in [0.3, 0.4) is 0 Å². The smallest absolute Gasteiger partial charge is 0.266 e. The quantitative estimate of drug-likeness (QED) is 0.301. The van der Waals surface area contributed by atoms with E-state index in [1.54, 1.807) is 21.7 Å². The van der Waals surface area contributed by atoms with Crippen LogP contribution < -0.4 is 4.74 Å². The second kappa shape index (κ2) is 9.72. The molecule has 5 rings (SSSR count). The first-order chi connectivity index (χ1) is 16.5. The summed E-state index contributed by atoms with van der Waals surface area (Å²) in [5.74, 6) is -0.307. The number of benzene rings is 2. The number of carbonyl (C=O) groups excluding carboxylic acids is 1. The first kappa shape index (κ1) is 22.8. The van der Waals surface area contributed by atoms with Gasteiger partial charge in [0.05, 0.1) is 17.2 Å². The normalized spacial score (nSPS) is 17.8. The lowest BCUT2D eigenvalue weighted by atomic mass is 10.1. The van der Waals surface area contributed by atoms with E-state index in [9.17, 15) is 9.18 Å². The number of ether oxygens (including phenoxy) is 1. The van der Waals surface area contributed by atoms with Gasteiger partial charge in [-0.2, -0.15) is 5.10 Å². The van der Waals surface area contributed by atoms with Gasteiger partial charge in [0.15, 0.2) is 11.6 Å². The summed E-state index contributed by atoms with van der Waals surface area (Å²) in [6, 6.07) is 14.7. The largest absolute Gasteiger partial charge is 0.491 e. The van der Waals surface area contributed by atoms with Crippen molar-refractivity contribution >= 4 is 40.3 Å². The van der Waals surface area contributed by atoms with Crippen LogP contribution in [0.15, 0.2) is 59.6 Å². The van der Waals surface area contributed by atoms with Crippen LogP contribution in [-0.2, 0) is 4.79 Å². The molecule has 34 heavy (non-hydrogen) atoms. The molecule has 1 aromatic heterocycles. The maximum Gasteiger partial charge on any atom is 0.266 e. The maximum absolute atomic E-state index is 14.7. The highest BCUT2D eigenvalue weighted by Gasteiger charge is 2.38. The van der Waals surface area contributed by atoms with E-state index in [0.29, 0.717) is 27.1 Å². The number of hydrogen-bond donors (Lipinski definition) is 0. The number of halogens is 1. The highest BCUT2D eigenvalue weighted by atomic mass is 32.2. The van der Waals surface area contributed by atoms with Crippen molar-refractivity contribution in [1.29, 1.82) is 0 Å². The van der Waals surface area contributed by atoms with Gasteiger partial charge in [-0.15, -0.1) is 0 Å². The summed E-state index contributed by atoms with van der Waals surface area (Å²) >= 11 is 6.88. The van der Waals surface area contributed by atoms with Crippen molar-refractivity contribution in [3.63, 3.8) is 0 Å². The molecule has 0 spiro atoms. The lowest BCUT2D eigenvalue weighted by molar-refractivity contribution is -0.123. The minimum absolute atomic E-state index is 0.0572. The molecule has 8 heteroatoms. The van der Waals surface area contributed by atoms with Crippen LogP contribution >= 0.6 is 24.0 Å². The number of nitrogens with zero attached hydrogens (tertiary/aromatic N) is 3. The van der Waals surface area contributed by atoms with Crippen LogP contribution in [-0.4, -0.2) is 37.6 Å². The molecule has 3 aromatic rings. The van der Waals surface area contributed by atoms with Crippen molar-refractivity contribution in [2.45, 2.75) is 38.6 Å². The zero-order valence-corrected chi connectivity index (χ0v) is 20.4. The molecule has 1 aliphatic heterocycles. The third-order valence-corrected chi connectivity index (χ3v) is 7.40. The van der Waals surface area contributed by atoms with Gasteiger partial charge < -0.3 is 4.74 Å². The Bertz CT molecular complexity index is 1270. The molecule has 1 aliphatic carbocycles. The maximum atomic E-state index is 14.7. The van der Waals surface area contributed by atoms with E-state index in [4.69, 9.17) is 22.1 Å². The summed E-state index contributed by atoms with van der Waals surface area (Å²) in [6.07, 6.45) is 7.91. The van der Waals surface area contributed by atoms with Gasteiger partial charge in [-0.1, -0.05) is 55.0 Å². The number of hydrogen-bond acceptors (Lipinski definition) is 5. The van der Waals surface area contributed by atoms with E-state index in [-0.39, 0.29) is 17.7 Å². The van der Waals surface area contributed by atoms with E-state index < -0.39 is 5.82 Å². The van der Waals surface area contributed by atoms with E-state index in [1.165, 1.54) is 17.8 Å². The molecule has 174 valence electrons. The first-order valence-electron chi connectivity index (χ1n) is 11.4. The van der Waals surface area contributed by atoms with Crippen molar-refractivity contribution in [1.82, 2.24) is 14.7 Å². The van der Waals surface area contributed by atoms with Gasteiger partial charge >= 0.3 is 0 Å². The van der Waals surface area contributed by atoms with Crippen molar-refractivity contribution < 1.29 is 13.9 Å². The molecule has 1 amide bonds. The van der Waals surface area contributed by atoms with E-state index >= 15 is 0 Å². The van der Waals surface area contributed by atoms with Crippen molar-refractivity contribution in [2.75, 3.05) is 6.61 Å². The van der Waals surface area contributed by atoms with Gasteiger partial charge in [0.25, 0.3) is 5.91 Å². The van der Waals surface area contributed by atoms with Crippen LogP contribution in [0.2, 0.25) is 0 Å². The fourth-order valence-corrected chi connectivity index (χ4v) is 5.84. The second-order valence-electron chi connectivity index (χ2n) is 8.28. The van der Waals surface area contributed by atoms with Gasteiger partial charge in [-0.3, -0.25) is 9.69 Å². The molecule has 1 saturated heterocycles. The van der Waals surface area contributed by atoms with Gasteiger partial charge in [0.2, 0.25) is 0 Å². The number of para-hydroxylation sites is 1. The van der Waals surface area contributed by atoms with E-state index in [0.717, 1.165) is 36.9 Å². The minimum atomic E-state index is -0.452. The topological polar surface area (TPSA) is 47.4 Å². The summed E-state index contributed by atoms with van der Waals surface area (Å²) < 4.78 is 22.4. The number of thioether (sulfide) groups is 1. The Morgan fingerprint density at radius 2 is 1.97 bits per heavy atom. The Morgan fingerprint density at radius 1 is 1.21 bits per heavy atom.